The van der Waals surface area contributed by atoms with E-state index in [-0.39, 0.29) is 0 Å². The largest absolute Gasteiger partial charge is 0.311 e. The van der Waals surface area contributed by atoms with E-state index in [1.54, 1.807) is 11.3 Å². The van der Waals surface area contributed by atoms with E-state index < -0.39 is 0 Å². The lowest BCUT2D eigenvalue weighted by Gasteiger charge is -2.28. The molecule has 1 aromatic heterocycles. The molecule has 2 unspecified atom stereocenters. The molecular weight excluding hydrogens is 310 g/mol. The summed E-state index contributed by atoms with van der Waals surface area (Å²) in [5.74, 6) is 1.03. The molecule has 2 aliphatic heterocycles. The molecule has 0 saturated carbocycles. The van der Waals surface area contributed by atoms with Crippen molar-refractivity contribution in [2.24, 2.45) is 5.92 Å². The van der Waals surface area contributed by atoms with Gasteiger partial charge in [-0.25, -0.2) is 0 Å². The molecule has 98 valence electrons. The summed E-state index contributed by atoms with van der Waals surface area (Å²) in [4.78, 5) is 13.3. The van der Waals surface area contributed by atoms with Gasteiger partial charge in [-0.2, -0.15) is 0 Å². The van der Waals surface area contributed by atoms with E-state index in [0.29, 0.717) is 30.2 Å². The molecule has 0 spiro atoms. The van der Waals surface area contributed by atoms with E-state index >= 15 is 0 Å². The second-order valence-corrected chi connectivity index (χ2v) is 7.44. The fraction of sp³-hybridized carbons (Fsp3) is 0.643. The first-order valence-electron chi connectivity index (χ1n) is 6.70. The number of thiophene rings is 1. The summed E-state index contributed by atoms with van der Waals surface area (Å²) in [5.41, 5.74) is 0. The first-order chi connectivity index (χ1) is 8.70. The summed E-state index contributed by atoms with van der Waals surface area (Å²) in [6.07, 6.45) is 6.41. The van der Waals surface area contributed by atoms with E-state index in [9.17, 15) is 4.79 Å². The maximum atomic E-state index is 12.1. The van der Waals surface area contributed by atoms with Crippen LogP contribution in [0.25, 0.3) is 0 Å². The van der Waals surface area contributed by atoms with Crippen molar-refractivity contribution in [3.05, 3.63) is 20.8 Å². The molecule has 0 aliphatic carbocycles. The minimum absolute atomic E-state index is 0.407. The van der Waals surface area contributed by atoms with Crippen LogP contribution in [0.15, 0.2) is 15.9 Å². The van der Waals surface area contributed by atoms with Crippen LogP contribution in [0.5, 0.6) is 0 Å². The molecule has 18 heavy (non-hydrogen) atoms. The lowest BCUT2D eigenvalue weighted by atomic mass is 9.87. The normalized spacial score (nSPS) is 30.6. The third-order valence-electron chi connectivity index (χ3n) is 4.14. The van der Waals surface area contributed by atoms with Crippen molar-refractivity contribution in [2.45, 2.75) is 50.6 Å². The second-order valence-electron chi connectivity index (χ2n) is 5.59. The summed E-state index contributed by atoms with van der Waals surface area (Å²) < 4.78 is 1.09. The first kappa shape index (κ1) is 12.8. The molecule has 2 nitrogen and oxygen atoms in total. The van der Waals surface area contributed by atoms with Crippen molar-refractivity contribution in [1.29, 1.82) is 0 Å². The summed E-state index contributed by atoms with van der Waals surface area (Å²) in [7, 11) is 0. The van der Waals surface area contributed by atoms with Gasteiger partial charge >= 0.3 is 0 Å². The summed E-state index contributed by atoms with van der Waals surface area (Å²) in [6.45, 7) is 0. The molecule has 2 fully saturated rings. The average molecular weight is 328 g/mol. The second kappa shape index (κ2) is 5.43. The highest BCUT2D eigenvalue weighted by Gasteiger charge is 2.34. The Bertz CT molecular complexity index is 433. The van der Waals surface area contributed by atoms with Gasteiger partial charge in [0.15, 0.2) is 0 Å². The molecule has 2 atom stereocenters. The van der Waals surface area contributed by atoms with Crippen LogP contribution in [0.4, 0.5) is 0 Å². The number of carbonyl (C=O) groups is 1. The molecule has 2 aliphatic rings. The van der Waals surface area contributed by atoms with Crippen molar-refractivity contribution >= 4 is 33.0 Å². The molecule has 0 aromatic carbocycles. The minimum Gasteiger partial charge on any atom is -0.311 e. The third kappa shape index (κ3) is 2.86. The molecule has 2 bridgehead atoms. The van der Waals surface area contributed by atoms with Gasteiger partial charge < -0.3 is 5.32 Å². The fourth-order valence-electron chi connectivity index (χ4n) is 3.37. The van der Waals surface area contributed by atoms with Gasteiger partial charge in [-0.1, -0.05) is 0 Å². The van der Waals surface area contributed by atoms with Gasteiger partial charge in [-0.15, -0.1) is 11.3 Å². The van der Waals surface area contributed by atoms with Crippen LogP contribution in [0, 0.1) is 5.92 Å². The maximum Gasteiger partial charge on any atom is 0.138 e. The predicted molar refractivity (Wildman–Crippen MR) is 78.0 cm³/mol. The molecule has 3 rings (SSSR count). The van der Waals surface area contributed by atoms with Gasteiger partial charge in [0.2, 0.25) is 0 Å². The quantitative estimate of drug-likeness (QED) is 0.916. The lowest BCUT2D eigenvalue weighted by Crippen LogP contribution is -2.38. The Kier molecular flexibility index (Phi) is 3.87. The number of ketones is 1. The number of nitrogens with one attached hydrogen (secondary N) is 1. The van der Waals surface area contributed by atoms with Crippen LogP contribution in [-0.4, -0.2) is 17.9 Å². The van der Waals surface area contributed by atoms with Crippen molar-refractivity contribution in [1.82, 2.24) is 5.32 Å². The molecule has 3 heterocycles. The molecule has 0 radical (unpaired) electrons. The Morgan fingerprint density at radius 1 is 1.39 bits per heavy atom. The van der Waals surface area contributed by atoms with E-state index in [0.717, 1.165) is 10.9 Å². The molecule has 2 saturated heterocycles. The van der Waals surface area contributed by atoms with Gasteiger partial charge in [0, 0.05) is 34.3 Å². The van der Waals surface area contributed by atoms with Gasteiger partial charge in [-0.05, 0) is 59.0 Å². The number of piperidine rings is 1. The summed E-state index contributed by atoms with van der Waals surface area (Å²) >= 11 is 5.17. The van der Waals surface area contributed by atoms with Crippen LogP contribution >= 0.6 is 27.3 Å². The zero-order chi connectivity index (χ0) is 12.5. The molecular formula is C14H18BrNOS. The van der Waals surface area contributed by atoms with Gasteiger partial charge in [0.25, 0.3) is 0 Å². The van der Waals surface area contributed by atoms with Gasteiger partial charge in [0.05, 0.1) is 0 Å². The van der Waals surface area contributed by atoms with Crippen LogP contribution in [0.1, 0.15) is 37.0 Å². The van der Waals surface area contributed by atoms with Crippen LogP contribution in [-0.2, 0) is 11.2 Å². The monoisotopic (exact) mass is 327 g/mol. The topological polar surface area (TPSA) is 29.1 Å². The van der Waals surface area contributed by atoms with Crippen molar-refractivity contribution in [2.75, 3.05) is 0 Å². The number of halogens is 1. The van der Waals surface area contributed by atoms with E-state index in [4.69, 9.17) is 0 Å². The van der Waals surface area contributed by atoms with Crippen molar-refractivity contribution in [3.63, 3.8) is 0 Å². The fourth-order valence-corrected chi connectivity index (χ4v) is 4.89. The average Bonchev–Trinajstić information content (AvgIpc) is 2.86. The highest BCUT2D eigenvalue weighted by molar-refractivity contribution is 9.10. The summed E-state index contributed by atoms with van der Waals surface area (Å²) in [5, 5.41) is 5.67. The Morgan fingerprint density at radius 3 is 2.72 bits per heavy atom. The van der Waals surface area contributed by atoms with Crippen molar-refractivity contribution < 1.29 is 4.79 Å². The highest BCUT2D eigenvalue weighted by Crippen LogP contribution is 2.33. The zero-order valence-corrected chi connectivity index (χ0v) is 12.7. The van der Waals surface area contributed by atoms with E-state index in [2.05, 4.69) is 21.2 Å². The SMILES string of the molecule is O=C(Cc1sccc1Br)CC1CC2CCC(C1)N2. The lowest BCUT2D eigenvalue weighted by molar-refractivity contribution is -0.119. The maximum absolute atomic E-state index is 12.1. The Morgan fingerprint density at radius 2 is 2.11 bits per heavy atom. The number of hydrogen-bond donors (Lipinski definition) is 1. The van der Waals surface area contributed by atoms with Crippen LogP contribution < -0.4 is 5.32 Å². The Balaban J connectivity index is 1.54. The molecule has 4 heteroatoms. The van der Waals surface area contributed by atoms with Gasteiger partial charge in [0.1, 0.15) is 5.78 Å². The smallest absolute Gasteiger partial charge is 0.138 e. The third-order valence-corrected chi connectivity index (χ3v) is 6.06. The number of hydrogen-bond acceptors (Lipinski definition) is 3. The van der Waals surface area contributed by atoms with E-state index in [1.165, 1.54) is 30.6 Å². The van der Waals surface area contributed by atoms with Crippen molar-refractivity contribution in [3.8, 4) is 0 Å². The number of rotatable bonds is 4. The zero-order valence-electron chi connectivity index (χ0n) is 10.3. The first-order valence-corrected chi connectivity index (χ1v) is 8.37. The van der Waals surface area contributed by atoms with E-state index in [1.807, 2.05) is 11.4 Å². The summed E-state index contributed by atoms with van der Waals surface area (Å²) in [6, 6.07) is 3.41. The molecule has 1 aromatic rings. The molecule has 0 amide bonds. The number of carbonyl (C=O) groups excluding carboxylic acids is 1. The Labute approximate surface area is 120 Å². The standard InChI is InChI=1S/C14H18BrNOS/c15-13-3-4-18-14(13)8-12(17)7-9-5-10-1-2-11(6-9)16-10/h3-4,9-11,16H,1-2,5-8H2. The molecule has 1 N–H and O–H groups in total. The van der Waals surface area contributed by atoms with Crippen LogP contribution in [0.3, 0.4) is 0 Å². The van der Waals surface area contributed by atoms with Gasteiger partial charge in [-0.3, -0.25) is 4.79 Å². The number of fused-ring (bicyclic) bond motifs is 2. The predicted octanol–water partition coefficient (Wildman–Crippen LogP) is 3.54. The number of Topliss-reactive ketones (excluding diaryl/α,β-unsaturated/α-hetero) is 1. The Hall–Kier alpha value is -0.190. The van der Waals surface area contributed by atoms with Crippen LogP contribution in [0.2, 0.25) is 0 Å². The minimum atomic E-state index is 0.407. The highest BCUT2D eigenvalue weighted by atomic mass is 79.9.